The predicted octanol–water partition coefficient (Wildman–Crippen LogP) is 3.20. The molecule has 0 unspecified atom stereocenters. The molecule has 154 valence electrons. The van der Waals surface area contributed by atoms with Gasteiger partial charge in [-0.05, 0) is 29.8 Å². The number of hydrogen-bond acceptors (Lipinski definition) is 6. The number of rotatable bonds is 5. The molecule has 11 heteroatoms. The molecule has 30 heavy (non-hydrogen) atoms. The summed E-state index contributed by atoms with van der Waals surface area (Å²) in [5.41, 5.74) is 0.361. The van der Waals surface area contributed by atoms with Crippen LogP contribution in [0.1, 0.15) is 5.56 Å². The van der Waals surface area contributed by atoms with E-state index in [9.17, 15) is 28.5 Å². The summed E-state index contributed by atoms with van der Waals surface area (Å²) >= 11 is 0.839. The Morgan fingerprint density at radius 3 is 2.60 bits per heavy atom. The number of nitrogens with zero attached hydrogens (tertiary/aromatic N) is 3. The van der Waals surface area contributed by atoms with Crippen molar-refractivity contribution in [3.05, 3.63) is 74.6 Å². The summed E-state index contributed by atoms with van der Waals surface area (Å²) < 4.78 is 33.7. The molecule has 0 aliphatic heterocycles. The van der Waals surface area contributed by atoms with E-state index in [0.717, 1.165) is 35.2 Å². The van der Waals surface area contributed by atoms with Crippen molar-refractivity contribution in [1.29, 1.82) is 0 Å². The van der Waals surface area contributed by atoms with Gasteiger partial charge in [0.2, 0.25) is 0 Å². The molecule has 8 nitrogen and oxygen atoms in total. The highest BCUT2D eigenvalue weighted by Crippen LogP contribution is 2.22. The zero-order valence-electron chi connectivity index (χ0n) is 15.4. The van der Waals surface area contributed by atoms with Crippen LogP contribution in [0.4, 0.5) is 14.5 Å². The molecule has 0 N–H and O–H groups in total. The lowest BCUT2D eigenvalue weighted by molar-refractivity contribution is -0.384. The number of nitro benzene ring substituents is 1. The molecule has 0 aliphatic carbocycles. The lowest BCUT2D eigenvalue weighted by Crippen LogP contribution is -2.22. The van der Waals surface area contributed by atoms with Crippen molar-refractivity contribution < 1.29 is 28.0 Å². The van der Waals surface area contributed by atoms with Gasteiger partial charge in [-0.2, -0.15) is 4.99 Å². The second-order valence-corrected chi connectivity index (χ2v) is 6.92. The lowest BCUT2D eigenvalue weighted by atomic mass is 10.2. The minimum atomic E-state index is -0.902. The Kier molecular flexibility index (Phi) is 6.11. The van der Waals surface area contributed by atoms with Crippen LogP contribution in [0.2, 0.25) is 0 Å². The number of non-ortho nitro benzene ring substituents is 1. The average Bonchev–Trinajstić information content (AvgIpc) is 3.03. The molecule has 0 bridgehead atoms. The van der Waals surface area contributed by atoms with Crippen LogP contribution in [0.3, 0.4) is 0 Å². The maximum Gasteiger partial charge on any atom is 0.325 e. The Labute approximate surface area is 171 Å². The Balaban J connectivity index is 1.98. The summed E-state index contributed by atoms with van der Waals surface area (Å²) in [6.45, 7) is -0.419. The van der Waals surface area contributed by atoms with Crippen molar-refractivity contribution in [2.45, 2.75) is 6.54 Å². The zero-order valence-corrected chi connectivity index (χ0v) is 16.2. The highest BCUT2D eigenvalue weighted by Gasteiger charge is 2.16. The minimum Gasteiger partial charge on any atom is -0.468 e. The van der Waals surface area contributed by atoms with Gasteiger partial charge in [-0.3, -0.25) is 19.7 Å². The maximum atomic E-state index is 14.3. The SMILES string of the molecule is COC(=O)Cn1c(=NC(=O)C=Cc2ccc([N+](=O)[O-])cc2)sc2cc(F)cc(F)c21. The van der Waals surface area contributed by atoms with Crippen LogP contribution in [0.15, 0.2) is 47.5 Å². The molecule has 1 amide bonds. The highest BCUT2D eigenvalue weighted by atomic mass is 32.1. The van der Waals surface area contributed by atoms with Gasteiger partial charge in [-0.15, -0.1) is 0 Å². The number of aromatic nitrogens is 1. The number of ether oxygens (including phenoxy) is 1. The molecule has 0 fully saturated rings. The summed E-state index contributed by atoms with van der Waals surface area (Å²) in [7, 11) is 1.16. The molecule has 0 saturated heterocycles. The van der Waals surface area contributed by atoms with Crippen molar-refractivity contribution in [2.24, 2.45) is 4.99 Å². The molecule has 0 saturated carbocycles. The fourth-order valence-corrected chi connectivity index (χ4v) is 3.64. The number of esters is 1. The number of amides is 1. The van der Waals surface area contributed by atoms with E-state index in [1.165, 1.54) is 30.3 Å². The van der Waals surface area contributed by atoms with Crippen molar-refractivity contribution in [3.63, 3.8) is 0 Å². The van der Waals surface area contributed by atoms with Crippen LogP contribution < -0.4 is 4.80 Å². The normalized spacial score (nSPS) is 11.9. The van der Waals surface area contributed by atoms with E-state index in [2.05, 4.69) is 9.73 Å². The molecular formula is C19H13F2N3O5S. The molecule has 3 aromatic rings. The molecule has 0 spiro atoms. The molecule has 0 radical (unpaired) electrons. The number of nitro groups is 1. The van der Waals surface area contributed by atoms with Crippen LogP contribution in [0.5, 0.6) is 0 Å². The first kappa shape index (κ1) is 21.0. The van der Waals surface area contributed by atoms with Gasteiger partial charge < -0.3 is 9.30 Å². The number of methoxy groups -OCH3 is 1. The number of fused-ring (bicyclic) bond motifs is 1. The Bertz CT molecular complexity index is 1250. The molecule has 2 aromatic carbocycles. The molecule has 0 aliphatic rings. The average molecular weight is 433 g/mol. The summed E-state index contributed by atoms with van der Waals surface area (Å²) in [4.78, 5) is 37.9. The quantitative estimate of drug-likeness (QED) is 0.266. The summed E-state index contributed by atoms with van der Waals surface area (Å²) in [6.07, 6.45) is 2.51. The number of carbonyl (C=O) groups is 2. The fourth-order valence-electron chi connectivity index (χ4n) is 2.56. The Morgan fingerprint density at radius 2 is 1.97 bits per heavy atom. The van der Waals surface area contributed by atoms with Crippen molar-refractivity contribution in [2.75, 3.05) is 7.11 Å². The van der Waals surface area contributed by atoms with E-state index in [1.54, 1.807) is 0 Å². The fraction of sp³-hybridized carbons (Fsp3) is 0.105. The monoisotopic (exact) mass is 433 g/mol. The number of hydrogen-bond donors (Lipinski definition) is 0. The zero-order chi connectivity index (χ0) is 21.8. The topological polar surface area (TPSA) is 104 Å². The van der Waals surface area contributed by atoms with E-state index in [0.29, 0.717) is 11.6 Å². The van der Waals surface area contributed by atoms with Crippen LogP contribution in [-0.4, -0.2) is 28.5 Å². The van der Waals surface area contributed by atoms with Crippen LogP contribution in [-0.2, 0) is 20.9 Å². The van der Waals surface area contributed by atoms with E-state index in [4.69, 9.17) is 0 Å². The molecule has 3 rings (SSSR count). The third-order valence-corrected chi connectivity index (χ3v) is 4.96. The third kappa shape index (κ3) is 4.63. The van der Waals surface area contributed by atoms with Gasteiger partial charge in [-0.25, -0.2) is 8.78 Å². The second kappa shape index (κ2) is 8.74. The first-order valence-electron chi connectivity index (χ1n) is 8.35. The molecule has 1 heterocycles. The van der Waals surface area contributed by atoms with Gasteiger partial charge in [-0.1, -0.05) is 11.3 Å². The number of thiazole rings is 1. The van der Waals surface area contributed by atoms with Crippen molar-refractivity contribution in [1.82, 2.24) is 4.57 Å². The van der Waals surface area contributed by atoms with Crippen molar-refractivity contribution >= 4 is 45.2 Å². The standard InChI is InChI=1S/C19H13F2N3O5S/c1-29-17(26)10-23-18-14(21)8-12(20)9-15(18)30-19(23)22-16(25)7-4-11-2-5-13(6-3-11)24(27)28/h2-9H,10H2,1H3. The highest BCUT2D eigenvalue weighted by molar-refractivity contribution is 7.16. The van der Waals surface area contributed by atoms with Gasteiger partial charge in [0.05, 0.1) is 22.2 Å². The third-order valence-electron chi connectivity index (χ3n) is 3.94. The first-order chi connectivity index (χ1) is 14.3. The Morgan fingerprint density at radius 1 is 1.27 bits per heavy atom. The number of benzene rings is 2. The van der Waals surface area contributed by atoms with E-state index in [1.807, 2.05) is 0 Å². The van der Waals surface area contributed by atoms with Gasteiger partial charge >= 0.3 is 5.97 Å². The number of halogens is 2. The van der Waals surface area contributed by atoms with Crippen molar-refractivity contribution in [3.8, 4) is 0 Å². The second-order valence-electron chi connectivity index (χ2n) is 5.91. The Hall–Kier alpha value is -3.73. The van der Waals surface area contributed by atoms with E-state index >= 15 is 0 Å². The van der Waals surface area contributed by atoms with Crippen LogP contribution >= 0.6 is 11.3 Å². The largest absolute Gasteiger partial charge is 0.468 e. The van der Waals surface area contributed by atoms with E-state index < -0.39 is 35.0 Å². The van der Waals surface area contributed by atoms with Gasteiger partial charge in [0, 0.05) is 24.3 Å². The molecular weight excluding hydrogens is 420 g/mol. The van der Waals surface area contributed by atoms with Gasteiger partial charge in [0.1, 0.15) is 12.4 Å². The minimum absolute atomic E-state index is 0.0155. The summed E-state index contributed by atoms with van der Waals surface area (Å²) in [5.74, 6) is -3.13. The lowest BCUT2D eigenvalue weighted by Gasteiger charge is -2.04. The first-order valence-corrected chi connectivity index (χ1v) is 9.16. The van der Waals surface area contributed by atoms with E-state index in [-0.39, 0.29) is 20.7 Å². The number of carbonyl (C=O) groups excluding carboxylic acids is 2. The van der Waals surface area contributed by atoms with Gasteiger partial charge in [0.25, 0.3) is 11.6 Å². The summed E-state index contributed by atoms with van der Waals surface area (Å²) in [6, 6.07) is 7.23. The molecule has 0 atom stereocenters. The predicted molar refractivity (Wildman–Crippen MR) is 104 cm³/mol. The maximum absolute atomic E-state index is 14.3. The summed E-state index contributed by atoms with van der Waals surface area (Å²) in [5, 5.41) is 10.7. The van der Waals surface area contributed by atoms with Gasteiger partial charge in [0.15, 0.2) is 10.6 Å². The smallest absolute Gasteiger partial charge is 0.325 e. The van der Waals surface area contributed by atoms with Crippen LogP contribution in [0, 0.1) is 21.7 Å². The van der Waals surface area contributed by atoms with Crippen LogP contribution in [0.25, 0.3) is 16.3 Å². The molecule has 1 aromatic heterocycles.